The Morgan fingerprint density at radius 3 is 2.47 bits per heavy atom. The Labute approximate surface area is 118 Å². The average molecular weight is 269 g/mol. The Morgan fingerprint density at radius 2 is 1.84 bits per heavy atom. The third-order valence-electron chi connectivity index (χ3n) is 3.78. The molecule has 0 radical (unpaired) electrons. The molecule has 1 amide bonds. The maximum Gasteiger partial charge on any atom is 0.233 e. The zero-order chi connectivity index (χ0) is 14.1. The molecule has 0 aromatic rings. The summed E-state index contributed by atoms with van der Waals surface area (Å²) in [5, 5.41) is 6.22. The number of amides is 1. The lowest BCUT2D eigenvalue weighted by atomic mass is 10.1. The molecule has 1 aliphatic rings. The molecule has 4 nitrogen and oxygen atoms in total. The van der Waals surface area contributed by atoms with Crippen LogP contribution in [-0.4, -0.2) is 49.6 Å². The Hall–Kier alpha value is -0.610. The van der Waals surface area contributed by atoms with Gasteiger partial charge in [-0.15, -0.1) is 0 Å². The lowest BCUT2D eigenvalue weighted by molar-refractivity contribution is -0.120. The highest BCUT2D eigenvalue weighted by molar-refractivity contribution is 5.77. The van der Waals surface area contributed by atoms with Gasteiger partial charge in [0.2, 0.25) is 5.91 Å². The van der Waals surface area contributed by atoms with Crippen molar-refractivity contribution in [1.82, 2.24) is 15.5 Å². The minimum absolute atomic E-state index is 0.117. The van der Waals surface area contributed by atoms with E-state index in [1.165, 1.54) is 32.4 Å². The predicted molar refractivity (Wildman–Crippen MR) is 80.2 cm³/mol. The van der Waals surface area contributed by atoms with Crippen molar-refractivity contribution < 1.29 is 4.79 Å². The third-order valence-corrected chi connectivity index (χ3v) is 3.78. The van der Waals surface area contributed by atoms with E-state index < -0.39 is 0 Å². The number of nitrogens with zero attached hydrogens (tertiary/aromatic N) is 1. The molecule has 1 unspecified atom stereocenters. The first-order chi connectivity index (χ1) is 9.09. The molecule has 1 heterocycles. The second-order valence-corrected chi connectivity index (χ2v) is 6.11. The zero-order valence-corrected chi connectivity index (χ0v) is 12.9. The first-order valence-corrected chi connectivity index (χ1v) is 7.81. The highest BCUT2D eigenvalue weighted by Crippen LogP contribution is 2.11. The largest absolute Gasteiger partial charge is 0.355 e. The van der Waals surface area contributed by atoms with Gasteiger partial charge in [0.1, 0.15) is 0 Å². The molecule has 0 aromatic heterocycles. The summed E-state index contributed by atoms with van der Waals surface area (Å²) in [5.41, 5.74) is 0. The summed E-state index contributed by atoms with van der Waals surface area (Å²) in [6.07, 6.45) is 5.06. The van der Waals surface area contributed by atoms with E-state index in [1.54, 1.807) is 0 Å². The highest BCUT2D eigenvalue weighted by atomic mass is 16.1. The molecule has 0 spiro atoms. The molecule has 0 aliphatic carbocycles. The van der Waals surface area contributed by atoms with Crippen LogP contribution in [0.15, 0.2) is 0 Å². The van der Waals surface area contributed by atoms with E-state index in [0.29, 0.717) is 18.5 Å². The fourth-order valence-corrected chi connectivity index (χ4v) is 2.45. The fraction of sp³-hybridized carbons (Fsp3) is 0.933. The minimum Gasteiger partial charge on any atom is -0.355 e. The Bertz CT molecular complexity index is 250. The van der Waals surface area contributed by atoms with Crippen molar-refractivity contribution in [1.29, 1.82) is 0 Å². The zero-order valence-electron chi connectivity index (χ0n) is 12.9. The number of hydrogen-bond acceptors (Lipinski definition) is 3. The SMILES string of the molecule is CC(C)CCNC(=O)CNCC(C)N1CCCCC1. The number of hydrogen-bond donors (Lipinski definition) is 2. The van der Waals surface area contributed by atoms with Crippen molar-refractivity contribution in [2.45, 2.75) is 52.5 Å². The number of piperidine rings is 1. The van der Waals surface area contributed by atoms with Gasteiger partial charge < -0.3 is 10.6 Å². The van der Waals surface area contributed by atoms with Gasteiger partial charge in [-0.05, 0) is 45.2 Å². The number of carbonyl (C=O) groups is 1. The van der Waals surface area contributed by atoms with Crippen LogP contribution in [0.3, 0.4) is 0 Å². The smallest absolute Gasteiger partial charge is 0.233 e. The summed E-state index contributed by atoms with van der Waals surface area (Å²) in [4.78, 5) is 14.1. The summed E-state index contributed by atoms with van der Waals surface area (Å²) in [6, 6.07) is 0.531. The van der Waals surface area contributed by atoms with Crippen LogP contribution >= 0.6 is 0 Å². The molecule has 1 saturated heterocycles. The van der Waals surface area contributed by atoms with E-state index in [2.05, 4.69) is 36.3 Å². The van der Waals surface area contributed by atoms with Crippen molar-refractivity contribution in [3.8, 4) is 0 Å². The van der Waals surface area contributed by atoms with Crippen LogP contribution < -0.4 is 10.6 Å². The maximum atomic E-state index is 11.6. The number of carbonyl (C=O) groups excluding carboxylic acids is 1. The summed E-state index contributed by atoms with van der Waals surface area (Å²) < 4.78 is 0. The molecule has 1 fully saturated rings. The van der Waals surface area contributed by atoms with Gasteiger partial charge in [0.05, 0.1) is 6.54 Å². The number of rotatable bonds is 8. The highest BCUT2D eigenvalue weighted by Gasteiger charge is 2.16. The van der Waals surface area contributed by atoms with Gasteiger partial charge in [-0.1, -0.05) is 20.3 Å². The molecular weight excluding hydrogens is 238 g/mol. The molecule has 19 heavy (non-hydrogen) atoms. The molecular formula is C15H31N3O. The maximum absolute atomic E-state index is 11.6. The third kappa shape index (κ3) is 7.53. The standard InChI is InChI=1S/C15H31N3O/c1-13(2)7-8-17-15(19)12-16-11-14(3)18-9-5-4-6-10-18/h13-14,16H,4-12H2,1-3H3,(H,17,19). The van der Waals surface area contributed by atoms with Crippen molar-refractivity contribution in [2.75, 3.05) is 32.7 Å². The van der Waals surface area contributed by atoms with Crippen LogP contribution in [0.25, 0.3) is 0 Å². The van der Waals surface area contributed by atoms with Gasteiger partial charge >= 0.3 is 0 Å². The van der Waals surface area contributed by atoms with Crippen molar-refractivity contribution in [3.05, 3.63) is 0 Å². The molecule has 0 bridgehead atoms. The van der Waals surface area contributed by atoms with E-state index in [-0.39, 0.29) is 5.91 Å². The van der Waals surface area contributed by atoms with Gasteiger partial charge in [-0.25, -0.2) is 0 Å². The summed E-state index contributed by atoms with van der Waals surface area (Å²) in [6.45, 7) is 11.1. The monoisotopic (exact) mass is 269 g/mol. The average Bonchev–Trinajstić information content (AvgIpc) is 2.39. The van der Waals surface area contributed by atoms with Crippen molar-refractivity contribution >= 4 is 5.91 Å². The number of nitrogens with one attached hydrogen (secondary N) is 2. The van der Waals surface area contributed by atoms with Crippen LogP contribution in [0.2, 0.25) is 0 Å². The van der Waals surface area contributed by atoms with Crippen molar-refractivity contribution in [2.24, 2.45) is 5.92 Å². The first kappa shape index (κ1) is 16.4. The molecule has 1 atom stereocenters. The summed E-state index contributed by atoms with van der Waals surface area (Å²) in [5.74, 6) is 0.763. The Balaban J connectivity index is 2.03. The molecule has 112 valence electrons. The van der Waals surface area contributed by atoms with E-state index >= 15 is 0 Å². The van der Waals surface area contributed by atoms with E-state index in [0.717, 1.165) is 19.5 Å². The Kier molecular flexibility index (Phi) is 8.07. The molecule has 4 heteroatoms. The fourth-order valence-electron chi connectivity index (χ4n) is 2.45. The van der Waals surface area contributed by atoms with Gasteiger partial charge in [0, 0.05) is 19.1 Å². The number of likely N-dealkylation sites (tertiary alicyclic amines) is 1. The minimum atomic E-state index is 0.117. The first-order valence-electron chi connectivity index (χ1n) is 7.81. The normalized spacial score (nSPS) is 18.5. The van der Waals surface area contributed by atoms with E-state index in [1.807, 2.05) is 0 Å². The molecule has 2 N–H and O–H groups in total. The second-order valence-electron chi connectivity index (χ2n) is 6.11. The van der Waals surface area contributed by atoms with E-state index in [9.17, 15) is 4.79 Å². The Morgan fingerprint density at radius 1 is 1.16 bits per heavy atom. The van der Waals surface area contributed by atoms with Crippen LogP contribution in [-0.2, 0) is 4.79 Å². The molecule has 1 rings (SSSR count). The summed E-state index contributed by atoms with van der Waals surface area (Å²) in [7, 11) is 0. The van der Waals surface area contributed by atoms with Gasteiger partial charge in [0.15, 0.2) is 0 Å². The topological polar surface area (TPSA) is 44.4 Å². The second kappa shape index (κ2) is 9.32. The quantitative estimate of drug-likeness (QED) is 0.704. The lowest BCUT2D eigenvalue weighted by Crippen LogP contribution is -2.45. The predicted octanol–water partition coefficient (Wildman–Crippen LogP) is 1.61. The van der Waals surface area contributed by atoms with Crippen LogP contribution in [0.1, 0.15) is 46.5 Å². The van der Waals surface area contributed by atoms with Gasteiger partial charge in [-0.2, -0.15) is 0 Å². The van der Waals surface area contributed by atoms with Crippen LogP contribution in [0.5, 0.6) is 0 Å². The molecule has 0 aromatic carbocycles. The lowest BCUT2D eigenvalue weighted by Gasteiger charge is -2.32. The summed E-state index contributed by atoms with van der Waals surface area (Å²) >= 11 is 0. The molecule has 1 aliphatic heterocycles. The van der Waals surface area contributed by atoms with Crippen LogP contribution in [0, 0.1) is 5.92 Å². The van der Waals surface area contributed by atoms with E-state index in [4.69, 9.17) is 0 Å². The van der Waals surface area contributed by atoms with Gasteiger partial charge in [0.25, 0.3) is 0 Å². The van der Waals surface area contributed by atoms with Crippen LogP contribution in [0.4, 0.5) is 0 Å². The molecule has 0 saturated carbocycles. The van der Waals surface area contributed by atoms with Gasteiger partial charge in [-0.3, -0.25) is 9.69 Å². The van der Waals surface area contributed by atoms with Crippen molar-refractivity contribution in [3.63, 3.8) is 0 Å².